The van der Waals surface area contributed by atoms with Crippen LogP contribution in [0.1, 0.15) is 25.3 Å². The van der Waals surface area contributed by atoms with Gasteiger partial charge in [-0.25, -0.2) is 4.79 Å². The van der Waals surface area contributed by atoms with Crippen LogP contribution in [0, 0.1) is 0 Å². The average molecular weight is 347 g/mol. The largest absolute Gasteiger partial charge is 0.486 e. The number of carbonyl (C=O) groups is 2. The van der Waals surface area contributed by atoms with Crippen LogP contribution in [0.5, 0.6) is 11.5 Å². The van der Waals surface area contributed by atoms with Gasteiger partial charge in [-0.2, -0.15) is 0 Å². The lowest BCUT2D eigenvalue weighted by Gasteiger charge is -2.31. The van der Waals surface area contributed by atoms with Crippen LogP contribution in [0.4, 0.5) is 4.79 Å². The van der Waals surface area contributed by atoms with Gasteiger partial charge in [-0.1, -0.05) is 6.07 Å². The Labute approximate surface area is 147 Å². The molecule has 3 rings (SSSR count). The molecule has 2 aliphatic rings. The SMILES string of the molecule is CC(=O)N1CCC(NC(=O)NCCc2ccc3c(c2)OCCO3)CC1. The van der Waals surface area contributed by atoms with Gasteiger partial charge in [0.25, 0.3) is 0 Å². The molecule has 136 valence electrons. The first-order chi connectivity index (χ1) is 12.1. The number of benzene rings is 1. The maximum Gasteiger partial charge on any atom is 0.315 e. The quantitative estimate of drug-likeness (QED) is 0.861. The molecule has 0 bridgehead atoms. The summed E-state index contributed by atoms with van der Waals surface area (Å²) in [6.07, 6.45) is 2.33. The van der Waals surface area contributed by atoms with Crippen LogP contribution >= 0.6 is 0 Å². The summed E-state index contributed by atoms with van der Waals surface area (Å²) in [6, 6.07) is 5.84. The van der Waals surface area contributed by atoms with E-state index in [2.05, 4.69) is 10.6 Å². The zero-order valence-electron chi connectivity index (χ0n) is 14.5. The molecule has 0 aliphatic carbocycles. The molecule has 1 aromatic carbocycles. The van der Waals surface area contributed by atoms with Gasteiger partial charge in [0.1, 0.15) is 13.2 Å². The number of amides is 3. The Morgan fingerprint density at radius 2 is 1.88 bits per heavy atom. The third-order valence-electron chi connectivity index (χ3n) is 4.58. The molecule has 0 spiro atoms. The zero-order valence-corrected chi connectivity index (χ0v) is 14.5. The van der Waals surface area contributed by atoms with E-state index in [0.29, 0.717) is 32.8 Å². The molecular weight excluding hydrogens is 322 g/mol. The van der Waals surface area contributed by atoms with Gasteiger partial charge in [-0.3, -0.25) is 4.79 Å². The van der Waals surface area contributed by atoms with E-state index in [-0.39, 0.29) is 18.0 Å². The normalized spacial score (nSPS) is 17.1. The van der Waals surface area contributed by atoms with E-state index >= 15 is 0 Å². The van der Waals surface area contributed by atoms with Crippen molar-refractivity contribution in [2.75, 3.05) is 32.8 Å². The Hall–Kier alpha value is -2.44. The third kappa shape index (κ3) is 4.78. The second-order valence-corrected chi connectivity index (χ2v) is 6.41. The second-order valence-electron chi connectivity index (χ2n) is 6.41. The summed E-state index contributed by atoms with van der Waals surface area (Å²) in [5.74, 6) is 1.64. The minimum absolute atomic E-state index is 0.0994. The topological polar surface area (TPSA) is 79.9 Å². The molecule has 7 heteroatoms. The van der Waals surface area contributed by atoms with E-state index in [1.165, 1.54) is 0 Å². The van der Waals surface area contributed by atoms with Crippen LogP contribution in [0.3, 0.4) is 0 Å². The van der Waals surface area contributed by atoms with Crippen molar-refractivity contribution in [2.24, 2.45) is 0 Å². The van der Waals surface area contributed by atoms with Gasteiger partial charge in [-0.15, -0.1) is 0 Å². The summed E-state index contributed by atoms with van der Waals surface area (Å²) in [4.78, 5) is 25.1. The average Bonchev–Trinajstić information content (AvgIpc) is 2.62. The lowest BCUT2D eigenvalue weighted by Crippen LogP contribution is -2.49. The second kappa shape index (κ2) is 8.09. The number of fused-ring (bicyclic) bond motifs is 1. The summed E-state index contributed by atoms with van der Waals surface area (Å²) in [7, 11) is 0. The molecule has 3 amide bonds. The maximum absolute atomic E-state index is 12.0. The van der Waals surface area contributed by atoms with Crippen molar-refractivity contribution in [3.05, 3.63) is 23.8 Å². The molecule has 1 saturated heterocycles. The van der Waals surface area contributed by atoms with E-state index in [0.717, 1.165) is 36.3 Å². The number of hydrogen-bond donors (Lipinski definition) is 2. The summed E-state index contributed by atoms with van der Waals surface area (Å²) >= 11 is 0. The molecule has 1 fully saturated rings. The number of carbonyl (C=O) groups excluding carboxylic acids is 2. The fourth-order valence-corrected chi connectivity index (χ4v) is 3.14. The first kappa shape index (κ1) is 17.4. The molecule has 25 heavy (non-hydrogen) atoms. The summed E-state index contributed by atoms with van der Waals surface area (Å²) in [5.41, 5.74) is 1.10. The van der Waals surface area contributed by atoms with Gasteiger partial charge < -0.3 is 25.0 Å². The Bertz CT molecular complexity index is 627. The first-order valence-corrected chi connectivity index (χ1v) is 8.80. The summed E-state index contributed by atoms with van der Waals surface area (Å²) in [6.45, 7) is 4.70. The monoisotopic (exact) mass is 347 g/mol. The molecule has 7 nitrogen and oxygen atoms in total. The molecule has 0 saturated carbocycles. The van der Waals surface area contributed by atoms with Crippen LogP contribution in [0.2, 0.25) is 0 Å². The summed E-state index contributed by atoms with van der Waals surface area (Å²) in [5, 5.41) is 5.87. The Kier molecular flexibility index (Phi) is 5.63. The predicted octanol–water partition coefficient (Wildman–Crippen LogP) is 1.31. The highest BCUT2D eigenvalue weighted by molar-refractivity contribution is 5.75. The van der Waals surface area contributed by atoms with E-state index in [1.807, 2.05) is 23.1 Å². The first-order valence-electron chi connectivity index (χ1n) is 8.80. The van der Waals surface area contributed by atoms with Crippen LogP contribution < -0.4 is 20.1 Å². The van der Waals surface area contributed by atoms with Crippen LogP contribution in [-0.2, 0) is 11.2 Å². The molecule has 2 aliphatic heterocycles. The van der Waals surface area contributed by atoms with E-state index in [9.17, 15) is 9.59 Å². The summed E-state index contributed by atoms with van der Waals surface area (Å²) < 4.78 is 11.1. The van der Waals surface area contributed by atoms with Crippen LogP contribution in [-0.4, -0.2) is 55.7 Å². The minimum atomic E-state index is -0.154. The van der Waals surface area contributed by atoms with Gasteiger partial charge in [-0.05, 0) is 37.0 Å². The van der Waals surface area contributed by atoms with Gasteiger partial charge >= 0.3 is 6.03 Å². The van der Waals surface area contributed by atoms with Crippen molar-refractivity contribution in [2.45, 2.75) is 32.2 Å². The maximum atomic E-state index is 12.0. The molecule has 1 aromatic rings. The van der Waals surface area contributed by atoms with Gasteiger partial charge in [0.15, 0.2) is 11.5 Å². The van der Waals surface area contributed by atoms with E-state index in [1.54, 1.807) is 6.92 Å². The smallest absolute Gasteiger partial charge is 0.315 e. The molecule has 2 heterocycles. The molecule has 0 aromatic heterocycles. The van der Waals surface area contributed by atoms with Crippen molar-refractivity contribution in [3.8, 4) is 11.5 Å². The van der Waals surface area contributed by atoms with Crippen molar-refractivity contribution >= 4 is 11.9 Å². The number of rotatable bonds is 4. The lowest BCUT2D eigenvalue weighted by molar-refractivity contribution is -0.129. The van der Waals surface area contributed by atoms with E-state index < -0.39 is 0 Å². The number of urea groups is 1. The number of likely N-dealkylation sites (tertiary alicyclic amines) is 1. The van der Waals surface area contributed by atoms with Crippen molar-refractivity contribution in [1.82, 2.24) is 15.5 Å². The Morgan fingerprint density at radius 1 is 1.16 bits per heavy atom. The number of nitrogens with one attached hydrogen (secondary N) is 2. The van der Waals surface area contributed by atoms with E-state index in [4.69, 9.17) is 9.47 Å². The van der Waals surface area contributed by atoms with Crippen LogP contribution in [0.15, 0.2) is 18.2 Å². The van der Waals surface area contributed by atoms with Crippen molar-refractivity contribution < 1.29 is 19.1 Å². The number of ether oxygens (including phenoxy) is 2. The lowest BCUT2D eigenvalue weighted by atomic mass is 10.1. The standard InChI is InChI=1S/C18H25N3O4/c1-13(22)21-8-5-15(6-9-21)20-18(23)19-7-4-14-2-3-16-17(12-14)25-11-10-24-16/h2-3,12,15H,4-11H2,1H3,(H2,19,20,23). The predicted molar refractivity (Wildman–Crippen MR) is 92.9 cm³/mol. The molecule has 0 atom stereocenters. The molecule has 0 unspecified atom stereocenters. The third-order valence-corrected chi connectivity index (χ3v) is 4.58. The minimum Gasteiger partial charge on any atom is -0.486 e. The highest BCUT2D eigenvalue weighted by atomic mass is 16.6. The molecular formula is C18H25N3O4. The fraction of sp³-hybridized carbons (Fsp3) is 0.556. The highest BCUT2D eigenvalue weighted by Crippen LogP contribution is 2.30. The number of hydrogen-bond acceptors (Lipinski definition) is 4. The molecule has 0 radical (unpaired) electrons. The Morgan fingerprint density at radius 3 is 2.60 bits per heavy atom. The van der Waals surface area contributed by atoms with Crippen LogP contribution in [0.25, 0.3) is 0 Å². The fourth-order valence-electron chi connectivity index (χ4n) is 3.14. The number of piperidine rings is 1. The van der Waals surface area contributed by atoms with Gasteiger partial charge in [0.05, 0.1) is 0 Å². The Balaban J connectivity index is 1.37. The van der Waals surface area contributed by atoms with Gasteiger partial charge in [0.2, 0.25) is 5.91 Å². The van der Waals surface area contributed by atoms with Gasteiger partial charge in [0, 0.05) is 32.6 Å². The van der Waals surface area contributed by atoms with Crippen molar-refractivity contribution in [1.29, 1.82) is 0 Å². The van der Waals surface area contributed by atoms with Crippen molar-refractivity contribution in [3.63, 3.8) is 0 Å². The zero-order chi connectivity index (χ0) is 17.6. The number of nitrogens with zero attached hydrogens (tertiary/aromatic N) is 1. The highest BCUT2D eigenvalue weighted by Gasteiger charge is 2.21. The molecule has 2 N–H and O–H groups in total.